The fourth-order valence-electron chi connectivity index (χ4n) is 3.39. The monoisotopic (exact) mass is 315 g/mol. The highest BCUT2D eigenvalue weighted by molar-refractivity contribution is 5.63. The molecule has 0 saturated carbocycles. The largest absolute Gasteiger partial charge is 0.371 e. The third kappa shape index (κ3) is 3.33. The van der Waals surface area contributed by atoms with Crippen molar-refractivity contribution < 1.29 is 4.57 Å². The van der Waals surface area contributed by atoms with Crippen molar-refractivity contribution in [2.45, 2.75) is 19.4 Å². The number of hydrogen-bond acceptors (Lipinski definition) is 1. The van der Waals surface area contributed by atoms with Gasteiger partial charge in [0, 0.05) is 36.5 Å². The first-order valence-electron chi connectivity index (χ1n) is 8.77. The summed E-state index contributed by atoms with van der Waals surface area (Å²) in [4.78, 5) is 2.47. The molecule has 1 aliphatic heterocycles. The molecule has 0 aliphatic carbocycles. The zero-order valence-electron chi connectivity index (χ0n) is 13.9. The Labute approximate surface area is 144 Å². The average Bonchev–Trinajstić information content (AvgIpc) is 3.18. The topological polar surface area (TPSA) is 7.12 Å². The molecule has 0 atom stereocenters. The van der Waals surface area contributed by atoms with E-state index < -0.39 is 0 Å². The molecule has 2 heteroatoms. The molecule has 0 amide bonds. The van der Waals surface area contributed by atoms with Gasteiger partial charge in [0.1, 0.15) is 0 Å². The van der Waals surface area contributed by atoms with E-state index in [0.717, 1.165) is 6.54 Å². The normalized spacial score (nSPS) is 14.1. The van der Waals surface area contributed by atoms with Crippen molar-refractivity contribution in [2.24, 2.45) is 0 Å². The smallest absolute Gasteiger partial charge is 0.173 e. The number of aromatic nitrogens is 1. The summed E-state index contributed by atoms with van der Waals surface area (Å²) in [6, 6.07) is 23.9. The van der Waals surface area contributed by atoms with Crippen LogP contribution in [0, 0.1) is 0 Å². The molecule has 0 radical (unpaired) electrons. The Kier molecular flexibility index (Phi) is 4.28. The first-order valence-corrected chi connectivity index (χ1v) is 8.77. The Morgan fingerprint density at radius 3 is 2.00 bits per heavy atom. The van der Waals surface area contributed by atoms with Crippen molar-refractivity contribution in [3.8, 4) is 11.1 Å². The predicted molar refractivity (Wildman–Crippen MR) is 99.1 cm³/mol. The summed E-state index contributed by atoms with van der Waals surface area (Å²) in [7, 11) is 0. The Hall–Kier alpha value is -2.61. The van der Waals surface area contributed by atoms with Gasteiger partial charge in [-0.3, -0.25) is 0 Å². The van der Waals surface area contributed by atoms with Crippen LogP contribution in [0.5, 0.6) is 0 Å². The summed E-state index contributed by atoms with van der Waals surface area (Å²) in [5, 5.41) is 0. The Bertz CT molecular complexity index is 770. The highest BCUT2D eigenvalue weighted by Crippen LogP contribution is 2.20. The highest BCUT2D eigenvalue weighted by atomic mass is 15.1. The van der Waals surface area contributed by atoms with Crippen LogP contribution in [0.4, 0.5) is 5.69 Å². The number of benzene rings is 2. The highest BCUT2D eigenvalue weighted by Gasteiger charge is 2.13. The lowest BCUT2D eigenvalue weighted by atomic mass is 10.0. The minimum Gasteiger partial charge on any atom is -0.371 e. The van der Waals surface area contributed by atoms with Crippen LogP contribution < -0.4 is 9.47 Å². The maximum Gasteiger partial charge on any atom is 0.173 e. The fraction of sp³-hybridized carbons (Fsp3) is 0.227. The molecule has 120 valence electrons. The van der Waals surface area contributed by atoms with Crippen LogP contribution in [0.2, 0.25) is 0 Å². The predicted octanol–water partition coefficient (Wildman–Crippen LogP) is 4.29. The standard InChI is InChI=1S/C22H23N2/c1-2-6-20(7-3-1)21-10-8-19(9-11-21)18-23-16-12-22(13-17-23)24-14-4-5-15-24/h1-3,6-13,16-17H,4-5,14-15,18H2/q+1. The fourth-order valence-corrected chi connectivity index (χ4v) is 3.39. The second kappa shape index (κ2) is 6.88. The number of nitrogens with zero attached hydrogens (tertiary/aromatic N) is 2. The van der Waals surface area contributed by atoms with Crippen LogP contribution in [-0.4, -0.2) is 13.1 Å². The van der Waals surface area contributed by atoms with E-state index >= 15 is 0 Å². The molecule has 0 N–H and O–H groups in total. The quantitative estimate of drug-likeness (QED) is 0.652. The van der Waals surface area contributed by atoms with Crippen LogP contribution in [0.25, 0.3) is 11.1 Å². The molecule has 2 aromatic carbocycles. The summed E-state index contributed by atoms with van der Waals surface area (Å²) in [5.74, 6) is 0. The van der Waals surface area contributed by atoms with E-state index in [1.54, 1.807) is 0 Å². The lowest BCUT2D eigenvalue weighted by molar-refractivity contribution is -0.688. The molecule has 0 unspecified atom stereocenters. The van der Waals surface area contributed by atoms with Crippen molar-refractivity contribution in [3.63, 3.8) is 0 Å². The lowest BCUT2D eigenvalue weighted by Gasteiger charge is -2.16. The van der Waals surface area contributed by atoms with Crippen LogP contribution in [0.1, 0.15) is 18.4 Å². The molecule has 0 spiro atoms. The summed E-state index contributed by atoms with van der Waals surface area (Å²) in [6.45, 7) is 3.31. The van der Waals surface area contributed by atoms with Crippen molar-refractivity contribution >= 4 is 5.69 Å². The van der Waals surface area contributed by atoms with Crippen molar-refractivity contribution in [1.29, 1.82) is 0 Å². The minimum absolute atomic E-state index is 0.912. The third-order valence-electron chi connectivity index (χ3n) is 4.77. The molecule has 2 heterocycles. The van der Waals surface area contributed by atoms with Crippen LogP contribution in [0.15, 0.2) is 79.1 Å². The molecule has 0 bridgehead atoms. The molecular formula is C22H23N2+. The number of anilines is 1. The minimum atomic E-state index is 0.912. The van der Waals surface area contributed by atoms with Gasteiger partial charge in [-0.2, -0.15) is 0 Å². The summed E-state index contributed by atoms with van der Waals surface area (Å²) in [6.07, 6.45) is 7.03. The van der Waals surface area contributed by atoms with E-state index in [1.165, 1.54) is 48.3 Å². The van der Waals surface area contributed by atoms with Crippen molar-refractivity contribution in [2.75, 3.05) is 18.0 Å². The summed E-state index contributed by atoms with van der Waals surface area (Å²) >= 11 is 0. The second-order valence-corrected chi connectivity index (χ2v) is 6.49. The van der Waals surface area contributed by atoms with Crippen LogP contribution in [-0.2, 0) is 6.54 Å². The first-order chi connectivity index (χ1) is 11.9. The maximum atomic E-state index is 2.47. The first kappa shape index (κ1) is 14.9. The number of rotatable bonds is 4. The van der Waals surface area contributed by atoms with E-state index in [1.807, 2.05) is 0 Å². The van der Waals surface area contributed by atoms with Gasteiger partial charge in [-0.25, -0.2) is 4.57 Å². The van der Waals surface area contributed by atoms with Crippen molar-refractivity contribution in [1.82, 2.24) is 0 Å². The zero-order valence-corrected chi connectivity index (χ0v) is 13.9. The zero-order chi connectivity index (χ0) is 16.2. The molecule has 24 heavy (non-hydrogen) atoms. The van der Waals surface area contributed by atoms with Crippen molar-refractivity contribution in [3.05, 3.63) is 84.7 Å². The van der Waals surface area contributed by atoms with E-state index in [4.69, 9.17) is 0 Å². The van der Waals surface area contributed by atoms with E-state index in [9.17, 15) is 0 Å². The molecular weight excluding hydrogens is 292 g/mol. The Balaban J connectivity index is 1.45. The molecule has 3 aromatic rings. The van der Waals surface area contributed by atoms with Gasteiger partial charge >= 0.3 is 0 Å². The SMILES string of the molecule is c1ccc(-c2ccc(C[n+]3ccc(N4CCCC4)cc3)cc2)cc1. The average molecular weight is 315 g/mol. The second-order valence-electron chi connectivity index (χ2n) is 6.49. The number of pyridine rings is 1. The van der Waals surface area contributed by atoms with E-state index in [2.05, 4.69) is 88.6 Å². The maximum absolute atomic E-state index is 2.47. The molecule has 1 aromatic heterocycles. The molecule has 1 saturated heterocycles. The van der Waals surface area contributed by atoms with Gasteiger partial charge in [-0.1, -0.05) is 54.6 Å². The lowest BCUT2D eigenvalue weighted by Crippen LogP contribution is -2.33. The van der Waals surface area contributed by atoms with Gasteiger partial charge in [-0.05, 0) is 24.0 Å². The van der Waals surface area contributed by atoms with Gasteiger partial charge in [0.25, 0.3) is 0 Å². The van der Waals surface area contributed by atoms with Crippen LogP contribution >= 0.6 is 0 Å². The molecule has 1 aliphatic rings. The third-order valence-corrected chi connectivity index (χ3v) is 4.77. The van der Waals surface area contributed by atoms with Gasteiger partial charge in [0.15, 0.2) is 18.9 Å². The summed E-state index contributed by atoms with van der Waals surface area (Å²) < 4.78 is 2.25. The Morgan fingerprint density at radius 2 is 1.33 bits per heavy atom. The van der Waals surface area contributed by atoms with E-state index in [0.29, 0.717) is 0 Å². The van der Waals surface area contributed by atoms with Crippen LogP contribution in [0.3, 0.4) is 0 Å². The van der Waals surface area contributed by atoms with E-state index in [-0.39, 0.29) is 0 Å². The van der Waals surface area contributed by atoms with Gasteiger partial charge in [0.05, 0.1) is 0 Å². The Morgan fingerprint density at radius 1 is 0.708 bits per heavy atom. The molecule has 4 rings (SSSR count). The van der Waals surface area contributed by atoms with Gasteiger partial charge in [-0.15, -0.1) is 0 Å². The number of hydrogen-bond donors (Lipinski definition) is 0. The molecule has 2 nitrogen and oxygen atoms in total. The van der Waals surface area contributed by atoms with Gasteiger partial charge < -0.3 is 4.90 Å². The van der Waals surface area contributed by atoms with Gasteiger partial charge in [0.2, 0.25) is 0 Å². The molecule has 1 fully saturated rings. The summed E-state index contributed by atoms with van der Waals surface area (Å²) in [5.41, 5.74) is 5.22.